The lowest BCUT2D eigenvalue weighted by molar-refractivity contribution is 0.205. The minimum absolute atomic E-state index is 0.506. The summed E-state index contributed by atoms with van der Waals surface area (Å²) in [4.78, 5) is 0. The van der Waals surface area contributed by atoms with Gasteiger partial charge in [0.05, 0.1) is 13.2 Å². The Balaban J connectivity index is 3.59. The topological polar surface area (TPSA) is 35.5 Å². The molecule has 0 saturated carbocycles. The maximum atomic E-state index is 12.3. The highest BCUT2D eigenvalue weighted by Crippen LogP contribution is 2.49. The van der Waals surface area contributed by atoms with Crippen LogP contribution in [0.4, 0.5) is 0 Å². The van der Waals surface area contributed by atoms with Gasteiger partial charge < -0.3 is 9.05 Å². The van der Waals surface area contributed by atoms with Crippen molar-refractivity contribution in [2.24, 2.45) is 0 Å². The molecule has 0 heterocycles. The van der Waals surface area contributed by atoms with E-state index in [4.69, 9.17) is 9.05 Å². The van der Waals surface area contributed by atoms with E-state index in [-0.39, 0.29) is 0 Å². The molecule has 132 valence electrons. The lowest BCUT2D eigenvalue weighted by atomic mass is 10.1. The zero-order valence-corrected chi connectivity index (χ0v) is 15.8. The second kappa shape index (κ2) is 15.8. The van der Waals surface area contributed by atoms with Gasteiger partial charge in [-0.05, 0) is 12.8 Å². The number of hydrogen-bond acceptors (Lipinski definition) is 3. The van der Waals surface area contributed by atoms with E-state index >= 15 is 0 Å². The second-order valence-corrected chi connectivity index (χ2v) is 7.89. The highest BCUT2D eigenvalue weighted by molar-refractivity contribution is 7.57. The summed E-state index contributed by atoms with van der Waals surface area (Å²) >= 11 is 0. The lowest BCUT2D eigenvalue weighted by Gasteiger charge is -2.14. The third kappa shape index (κ3) is 13.5. The largest absolute Gasteiger partial charge is 0.353 e. The van der Waals surface area contributed by atoms with Gasteiger partial charge in [0.15, 0.2) is 0 Å². The van der Waals surface area contributed by atoms with E-state index in [2.05, 4.69) is 20.4 Å². The molecule has 0 aliphatic heterocycles. The van der Waals surface area contributed by atoms with Crippen molar-refractivity contribution in [1.29, 1.82) is 0 Å². The van der Waals surface area contributed by atoms with Crippen LogP contribution < -0.4 is 0 Å². The average Bonchev–Trinajstić information content (AvgIpc) is 2.53. The first-order valence-corrected chi connectivity index (χ1v) is 10.8. The van der Waals surface area contributed by atoms with Crippen molar-refractivity contribution in [3.63, 3.8) is 0 Å². The molecule has 0 atom stereocenters. The van der Waals surface area contributed by atoms with Crippen molar-refractivity contribution in [2.45, 2.75) is 90.9 Å². The van der Waals surface area contributed by atoms with Crippen molar-refractivity contribution in [3.05, 3.63) is 12.4 Å². The molecular weight excluding hydrogens is 295 g/mol. The van der Waals surface area contributed by atoms with Crippen molar-refractivity contribution in [3.8, 4) is 0 Å². The first-order chi connectivity index (χ1) is 10.7. The van der Waals surface area contributed by atoms with E-state index in [9.17, 15) is 4.57 Å². The maximum absolute atomic E-state index is 12.3. The molecule has 0 spiro atoms. The van der Waals surface area contributed by atoms with Gasteiger partial charge in [0, 0.05) is 5.82 Å². The van der Waals surface area contributed by atoms with Crippen LogP contribution in [0.15, 0.2) is 12.4 Å². The fourth-order valence-corrected chi connectivity index (χ4v) is 3.34. The van der Waals surface area contributed by atoms with E-state index < -0.39 is 7.60 Å². The lowest BCUT2D eigenvalue weighted by Crippen LogP contribution is -1.98. The number of unbranched alkanes of at least 4 members (excludes halogenated alkanes) is 10. The Hall–Kier alpha value is -0.110. The van der Waals surface area contributed by atoms with Crippen LogP contribution in [0.2, 0.25) is 0 Å². The van der Waals surface area contributed by atoms with Gasteiger partial charge >= 0.3 is 7.60 Å². The Morgan fingerprint density at radius 1 is 0.727 bits per heavy atom. The molecular formula is C18H37O3P. The highest BCUT2D eigenvalue weighted by Gasteiger charge is 2.19. The molecule has 0 saturated heterocycles. The molecule has 0 aliphatic carbocycles. The van der Waals surface area contributed by atoms with Crippen LogP contribution in [0.1, 0.15) is 90.9 Å². The quantitative estimate of drug-likeness (QED) is 0.211. The maximum Gasteiger partial charge on any atom is 0.353 e. The molecule has 0 N–H and O–H groups in total. The van der Waals surface area contributed by atoms with E-state index in [1.807, 2.05) is 0 Å². The van der Waals surface area contributed by atoms with Crippen molar-refractivity contribution in [1.82, 2.24) is 0 Å². The van der Waals surface area contributed by atoms with Gasteiger partial charge in [-0.2, -0.15) is 0 Å². The van der Waals surface area contributed by atoms with Crippen LogP contribution in [-0.2, 0) is 13.6 Å². The molecule has 0 aromatic heterocycles. The average molecular weight is 332 g/mol. The number of hydrogen-bond donors (Lipinski definition) is 0. The Kier molecular flexibility index (Phi) is 15.7. The summed E-state index contributed by atoms with van der Waals surface area (Å²) in [5.74, 6) is 1.35. The molecule has 0 rings (SSSR count). The zero-order valence-electron chi connectivity index (χ0n) is 14.9. The van der Waals surface area contributed by atoms with Crippen molar-refractivity contribution < 1.29 is 13.6 Å². The minimum atomic E-state index is -3.06. The molecule has 0 aliphatic rings. The molecule has 22 heavy (non-hydrogen) atoms. The smallest absolute Gasteiger partial charge is 0.306 e. The SMILES string of the molecule is C=CP(=O)(OCCCCCCCC)OCCCCCCCC. The van der Waals surface area contributed by atoms with Gasteiger partial charge in [-0.1, -0.05) is 84.6 Å². The van der Waals surface area contributed by atoms with E-state index in [1.54, 1.807) is 0 Å². The molecule has 0 unspecified atom stereocenters. The van der Waals surface area contributed by atoms with E-state index in [1.165, 1.54) is 57.2 Å². The summed E-state index contributed by atoms with van der Waals surface area (Å²) in [7, 11) is -3.06. The third-order valence-corrected chi connectivity index (χ3v) is 5.29. The van der Waals surface area contributed by atoms with Crippen LogP contribution in [0.5, 0.6) is 0 Å². The van der Waals surface area contributed by atoms with Crippen molar-refractivity contribution in [2.75, 3.05) is 13.2 Å². The van der Waals surface area contributed by atoms with Crippen LogP contribution in [0, 0.1) is 0 Å². The van der Waals surface area contributed by atoms with Crippen LogP contribution in [0.3, 0.4) is 0 Å². The van der Waals surface area contributed by atoms with Gasteiger partial charge in [-0.25, -0.2) is 0 Å². The van der Waals surface area contributed by atoms with E-state index in [0.29, 0.717) is 13.2 Å². The summed E-state index contributed by atoms with van der Waals surface area (Å²) in [6.45, 7) is 9.04. The van der Waals surface area contributed by atoms with Gasteiger partial charge in [0.1, 0.15) is 0 Å². The van der Waals surface area contributed by atoms with Crippen molar-refractivity contribution >= 4 is 7.60 Å². The van der Waals surface area contributed by atoms with Crippen LogP contribution in [0.25, 0.3) is 0 Å². The fourth-order valence-electron chi connectivity index (χ4n) is 2.29. The Morgan fingerprint density at radius 3 is 1.45 bits per heavy atom. The molecule has 3 nitrogen and oxygen atoms in total. The third-order valence-electron chi connectivity index (χ3n) is 3.76. The normalized spacial score (nSPS) is 11.7. The fraction of sp³-hybridized carbons (Fsp3) is 0.889. The van der Waals surface area contributed by atoms with Gasteiger partial charge in [-0.3, -0.25) is 4.57 Å². The second-order valence-electron chi connectivity index (χ2n) is 5.92. The predicted molar refractivity (Wildman–Crippen MR) is 96.5 cm³/mol. The molecule has 0 aromatic carbocycles. The molecule has 4 heteroatoms. The van der Waals surface area contributed by atoms with Crippen LogP contribution >= 0.6 is 7.60 Å². The molecule has 0 bridgehead atoms. The number of rotatable bonds is 17. The molecule has 0 amide bonds. The Labute approximate surface area is 138 Å². The van der Waals surface area contributed by atoms with Gasteiger partial charge in [0.2, 0.25) is 0 Å². The summed E-state index contributed by atoms with van der Waals surface area (Å²) < 4.78 is 23.2. The first-order valence-electron chi connectivity index (χ1n) is 9.21. The molecule has 0 aromatic rings. The predicted octanol–water partition coefficient (Wildman–Crippen LogP) is 7.08. The zero-order chi connectivity index (χ0) is 16.5. The first kappa shape index (κ1) is 21.9. The molecule has 0 fully saturated rings. The molecule has 0 radical (unpaired) electrons. The monoisotopic (exact) mass is 332 g/mol. The van der Waals surface area contributed by atoms with Gasteiger partial charge in [0.25, 0.3) is 0 Å². The van der Waals surface area contributed by atoms with Crippen LogP contribution in [-0.4, -0.2) is 13.2 Å². The standard InChI is InChI=1S/C18H37O3P/c1-4-7-9-11-13-15-17-20-22(19,6-3)21-18-16-14-12-10-8-5-2/h6H,3-5,7-18H2,1-2H3. The summed E-state index contributed by atoms with van der Waals surface area (Å²) in [5, 5.41) is 0. The summed E-state index contributed by atoms with van der Waals surface area (Å²) in [6, 6.07) is 0. The Morgan fingerprint density at radius 2 is 1.09 bits per heavy atom. The Bertz CT molecular complexity index is 270. The van der Waals surface area contributed by atoms with Gasteiger partial charge in [-0.15, -0.1) is 0 Å². The van der Waals surface area contributed by atoms with E-state index in [0.717, 1.165) is 25.7 Å². The summed E-state index contributed by atoms with van der Waals surface area (Å²) in [5.41, 5.74) is 0. The summed E-state index contributed by atoms with van der Waals surface area (Å²) in [6.07, 6.45) is 14.3. The minimum Gasteiger partial charge on any atom is -0.306 e. The highest BCUT2D eigenvalue weighted by atomic mass is 31.2.